The molecule has 2 aromatic rings. The molecule has 0 bridgehead atoms. The van der Waals surface area contributed by atoms with Crippen LogP contribution in [0.4, 0.5) is 0 Å². The Kier molecular flexibility index (Phi) is 5.24. The second kappa shape index (κ2) is 6.74. The van der Waals surface area contributed by atoms with E-state index >= 15 is 0 Å². The van der Waals surface area contributed by atoms with Gasteiger partial charge < -0.3 is 5.32 Å². The van der Waals surface area contributed by atoms with Crippen LogP contribution in [-0.2, 0) is 6.42 Å². The Morgan fingerprint density at radius 1 is 1.35 bits per heavy atom. The van der Waals surface area contributed by atoms with Gasteiger partial charge in [-0.1, -0.05) is 27.5 Å². The number of nitrogens with zero attached hydrogens (tertiary/aromatic N) is 2. The maximum absolute atomic E-state index is 6.31. The van der Waals surface area contributed by atoms with Crippen molar-refractivity contribution in [1.29, 1.82) is 0 Å². The molecule has 1 unspecified atom stereocenters. The molecule has 0 aliphatic heterocycles. The molecule has 0 fully saturated rings. The molecular weight excluding hydrogens is 338 g/mol. The first-order valence-corrected chi connectivity index (χ1v) is 7.84. The second-order valence-electron chi connectivity index (χ2n) is 5.09. The van der Waals surface area contributed by atoms with Crippen LogP contribution in [0.2, 0.25) is 5.02 Å². The highest BCUT2D eigenvalue weighted by Crippen LogP contribution is 2.28. The lowest BCUT2D eigenvalue weighted by Gasteiger charge is -2.17. The fraction of sp³-hybridized carbons (Fsp3) is 0.400. The van der Waals surface area contributed by atoms with Crippen molar-refractivity contribution in [2.45, 2.75) is 32.4 Å². The summed E-state index contributed by atoms with van der Waals surface area (Å²) < 4.78 is 3.01. The van der Waals surface area contributed by atoms with Crippen molar-refractivity contribution in [3.05, 3.63) is 51.2 Å². The summed E-state index contributed by atoms with van der Waals surface area (Å²) in [5.74, 6) is 0. The molecule has 1 atom stereocenters. The fourth-order valence-corrected chi connectivity index (χ4v) is 2.76. The first kappa shape index (κ1) is 15.5. The Bertz CT molecular complexity index is 580. The minimum Gasteiger partial charge on any atom is -0.313 e. The number of likely N-dealkylation sites (N-methyl/N-ethyl adjacent to an activating group) is 1. The summed E-state index contributed by atoms with van der Waals surface area (Å²) in [7, 11) is 1.95. The molecule has 1 heterocycles. The van der Waals surface area contributed by atoms with Gasteiger partial charge in [0.05, 0.1) is 5.69 Å². The molecule has 1 N–H and O–H groups in total. The molecule has 108 valence electrons. The van der Waals surface area contributed by atoms with Gasteiger partial charge in [0.2, 0.25) is 0 Å². The Morgan fingerprint density at radius 3 is 2.70 bits per heavy atom. The van der Waals surface area contributed by atoms with Gasteiger partial charge in [-0.2, -0.15) is 5.10 Å². The summed E-state index contributed by atoms with van der Waals surface area (Å²) in [6, 6.07) is 8.52. The van der Waals surface area contributed by atoms with Crippen LogP contribution in [0.3, 0.4) is 0 Å². The van der Waals surface area contributed by atoms with Crippen molar-refractivity contribution in [2.75, 3.05) is 7.05 Å². The zero-order valence-electron chi connectivity index (χ0n) is 11.9. The predicted octanol–water partition coefficient (Wildman–Crippen LogP) is 4.38. The standard InChI is InChI=1S/C15H19BrClN3/c1-10(2)20-7-6-12(19-20)9-15(18-3)13-8-11(16)4-5-14(13)17/h4-8,10,15,18H,9H2,1-3H3. The van der Waals surface area contributed by atoms with Gasteiger partial charge in [0, 0.05) is 34.2 Å². The SMILES string of the molecule is CNC(Cc1ccn(C(C)C)n1)c1cc(Br)ccc1Cl. The summed E-state index contributed by atoms with van der Waals surface area (Å²) in [6.07, 6.45) is 2.83. The first-order chi connectivity index (χ1) is 9.51. The molecule has 0 amide bonds. The van der Waals surface area contributed by atoms with E-state index < -0.39 is 0 Å². The van der Waals surface area contributed by atoms with Crippen LogP contribution in [0, 0.1) is 0 Å². The van der Waals surface area contributed by atoms with Crippen molar-refractivity contribution in [2.24, 2.45) is 0 Å². The molecule has 5 heteroatoms. The number of rotatable bonds is 5. The van der Waals surface area contributed by atoms with Gasteiger partial charge in [0.15, 0.2) is 0 Å². The van der Waals surface area contributed by atoms with Gasteiger partial charge in [-0.15, -0.1) is 0 Å². The molecule has 3 nitrogen and oxygen atoms in total. The quantitative estimate of drug-likeness (QED) is 0.861. The summed E-state index contributed by atoms with van der Waals surface area (Å²) in [4.78, 5) is 0. The smallest absolute Gasteiger partial charge is 0.0643 e. The van der Waals surface area contributed by atoms with E-state index in [-0.39, 0.29) is 6.04 Å². The minimum atomic E-state index is 0.149. The van der Waals surface area contributed by atoms with E-state index in [0.29, 0.717) is 6.04 Å². The van der Waals surface area contributed by atoms with Crippen LogP contribution < -0.4 is 5.32 Å². The number of nitrogens with one attached hydrogen (secondary N) is 1. The number of hydrogen-bond acceptors (Lipinski definition) is 2. The first-order valence-electron chi connectivity index (χ1n) is 6.67. The summed E-state index contributed by atoms with van der Waals surface area (Å²) in [5, 5.41) is 8.69. The van der Waals surface area contributed by atoms with E-state index in [1.165, 1.54) is 0 Å². The highest BCUT2D eigenvalue weighted by atomic mass is 79.9. The second-order valence-corrected chi connectivity index (χ2v) is 6.41. The van der Waals surface area contributed by atoms with Crippen molar-refractivity contribution in [3.8, 4) is 0 Å². The maximum Gasteiger partial charge on any atom is 0.0643 e. The van der Waals surface area contributed by atoms with Crippen LogP contribution in [0.25, 0.3) is 0 Å². The Balaban J connectivity index is 2.21. The normalized spacial score (nSPS) is 12.9. The Morgan fingerprint density at radius 2 is 2.10 bits per heavy atom. The molecule has 0 spiro atoms. The largest absolute Gasteiger partial charge is 0.313 e. The molecule has 2 rings (SSSR count). The van der Waals surface area contributed by atoms with E-state index in [2.05, 4.69) is 52.3 Å². The molecule has 20 heavy (non-hydrogen) atoms. The number of benzene rings is 1. The van der Waals surface area contributed by atoms with Crippen LogP contribution in [0.5, 0.6) is 0 Å². The lowest BCUT2D eigenvalue weighted by Crippen LogP contribution is -2.19. The van der Waals surface area contributed by atoms with Gasteiger partial charge in [-0.25, -0.2) is 0 Å². The third-order valence-corrected chi connectivity index (χ3v) is 4.13. The lowest BCUT2D eigenvalue weighted by molar-refractivity contribution is 0.515. The average molecular weight is 357 g/mol. The number of halogens is 2. The highest BCUT2D eigenvalue weighted by molar-refractivity contribution is 9.10. The van der Waals surface area contributed by atoms with Gasteiger partial charge in [0.25, 0.3) is 0 Å². The van der Waals surface area contributed by atoms with Gasteiger partial charge >= 0.3 is 0 Å². The monoisotopic (exact) mass is 355 g/mol. The van der Waals surface area contributed by atoms with Gasteiger partial charge in [-0.05, 0) is 50.7 Å². The average Bonchev–Trinajstić information content (AvgIpc) is 2.88. The molecule has 0 saturated carbocycles. The minimum absolute atomic E-state index is 0.149. The van der Waals surface area contributed by atoms with Crippen molar-refractivity contribution >= 4 is 27.5 Å². The maximum atomic E-state index is 6.31. The Hall–Kier alpha value is -0.840. The van der Waals surface area contributed by atoms with E-state index in [4.69, 9.17) is 11.6 Å². The van der Waals surface area contributed by atoms with E-state index in [9.17, 15) is 0 Å². The van der Waals surface area contributed by atoms with Crippen molar-refractivity contribution in [3.63, 3.8) is 0 Å². The molecule has 1 aromatic heterocycles. The Labute approximate surface area is 133 Å². The molecule has 0 aliphatic carbocycles. The topological polar surface area (TPSA) is 29.9 Å². The van der Waals surface area contributed by atoms with Crippen LogP contribution in [0.1, 0.15) is 37.2 Å². The van der Waals surface area contributed by atoms with Crippen LogP contribution in [0.15, 0.2) is 34.9 Å². The fourth-order valence-electron chi connectivity index (χ4n) is 2.13. The molecule has 0 saturated heterocycles. The third-order valence-electron chi connectivity index (χ3n) is 3.29. The van der Waals surface area contributed by atoms with Crippen LogP contribution >= 0.6 is 27.5 Å². The van der Waals surface area contributed by atoms with Crippen LogP contribution in [-0.4, -0.2) is 16.8 Å². The molecule has 0 aliphatic rings. The highest BCUT2D eigenvalue weighted by Gasteiger charge is 2.15. The predicted molar refractivity (Wildman–Crippen MR) is 87.3 cm³/mol. The van der Waals surface area contributed by atoms with Gasteiger partial charge in [0.1, 0.15) is 0 Å². The molecule has 0 radical (unpaired) electrons. The van der Waals surface area contributed by atoms with E-state index in [1.807, 2.05) is 30.1 Å². The van der Waals surface area contributed by atoms with E-state index in [0.717, 1.165) is 27.2 Å². The summed E-state index contributed by atoms with van der Waals surface area (Å²) in [6.45, 7) is 4.25. The zero-order valence-corrected chi connectivity index (χ0v) is 14.2. The zero-order chi connectivity index (χ0) is 14.7. The molecule has 1 aromatic carbocycles. The summed E-state index contributed by atoms with van der Waals surface area (Å²) >= 11 is 9.80. The van der Waals surface area contributed by atoms with Crippen molar-refractivity contribution < 1.29 is 0 Å². The number of aromatic nitrogens is 2. The summed E-state index contributed by atoms with van der Waals surface area (Å²) in [5.41, 5.74) is 2.15. The third kappa shape index (κ3) is 3.62. The van der Waals surface area contributed by atoms with Gasteiger partial charge in [-0.3, -0.25) is 4.68 Å². The van der Waals surface area contributed by atoms with Crippen molar-refractivity contribution in [1.82, 2.24) is 15.1 Å². The molecular formula is C15H19BrClN3. The van der Waals surface area contributed by atoms with E-state index in [1.54, 1.807) is 0 Å². The lowest BCUT2D eigenvalue weighted by atomic mass is 10.0. The number of hydrogen-bond donors (Lipinski definition) is 1.